The average Bonchev–Trinajstić information content (AvgIpc) is 3.53. The summed E-state index contributed by atoms with van der Waals surface area (Å²) in [6.45, 7) is 9.28. The van der Waals surface area contributed by atoms with Crippen LogP contribution in [0.1, 0.15) is 45.1 Å². The molecule has 1 spiro atoms. The van der Waals surface area contributed by atoms with E-state index in [1.807, 2.05) is 0 Å². The van der Waals surface area contributed by atoms with Crippen LogP contribution in [0.4, 0.5) is 0 Å². The van der Waals surface area contributed by atoms with Crippen molar-refractivity contribution in [2.24, 2.45) is 11.8 Å². The zero-order valence-electron chi connectivity index (χ0n) is 17.3. The molecule has 156 valence electrons. The van der Waals surface area contributed by atoms with Crippen LogP contribution in [-0.4, -0.2) is 60.1 Å². The van der Waals surface area contributed by atoms with Crippen LogP contribution < -0.4 is 0 Å². The maximum Gasteiger partial charge on any atom is 0.225 e. The van der Waals surface area contributed by atoms with Crippen molar-refractivity contribution in [2.75, 3.05) is 32.7 Å². The Labute approximate surface area is 176 Å². The predicted octanol–water partition coefficient (Wildman–Crippen LogP) is 3.78. The topological polar surface area (TPSA) is 32.8 Å². The van der Waals surface area contributed by atoms with Gasteiger partial charge in [0.25, 0.3) is 0 Å². The normalized spacial score (nSPS) is 25.0. The van der Waals surface area contributed by atoms with Gasteiger partial charge in [-0.15, -0.1) is 12.4 Å². The van der Waals surface area contributed by atoms with E-state index in [2.05, 4.69) is 54.0 Å². The molecule has 4 rings (SSSR count). The molecule has 0 radical (unpaired) electrons. The second-order valence-corrected chi connectivity index (χ2v) is 9.15. The third-order valence-corrected chi connectivity index (χ3v) is 6.59. The lowest BCUT2D eigenvalue weighted by Gasteiger charge is -2.51. The lowest BCUT2D eigenvalue weighted by Crippen LogP contribution is -2.61. The van der Waals surface area contributed by atoms with Crippen molar-refractivity contribution >= 4 is 18.3 Å². The molecule has 3 fully saturated rings. The Bertz CT molecular complexity index is 639. The molecule has 28 heavy (non-hydrogen) atoms. The molecule has 3 aliphatic rings. The SMILES string of the molecule is CC(C)C1CN(C(=O)C2CC2)CC2(CCN(CCc3ccccc3)CC2)O1.Cl. The highest BCUT2D eigenvalue weighted by Crippen LogP contribution is 2.37. The van der Waals surface area contributed by atoms with Gasteiger partial charge in [0.15, 0.2) is 0 Å². The van der Waals surface area contributed by atoms with Crippen molar-refractivity contribution in [1.82, 2.24) is 9.80 Å². The zero-order valence-corrected chi connectivity index (χ0v) is 18.1. The second-order valence-electron chi connectivity index (χ2n) is 9.15. The molecule has 1 saturated carbocycles. The molecule has 1 aliphatic carbocycles. The summed E-state index contributed by atoms with van der Waals surface area (Å²) >= 11 is 0. The van der Waals surface area contributed by atoms with Crippen LogP contribution in [0, 0.1) is 11.8 Å². The van der Waals surface area contributed by atoms with E-state index in [-0.39, 0.29) is 24.1 Å². The first-order valence-electron chi connectivity index (χ1n) is 10.8. The maximum atomic E-state index is 12.7. The molecule has 0 N–H and O–H groups in total. The number of amides is 1. The van der Waals surface area contributed by atoms with Gasteiger partial charge in [0.05, 0.1) is 11.7 Å². The van der Waals surface area contributed by atoms with Gasteiger partial charge in [-0.2, -0.15) is 0 Å². The molecule has 2 heterocycles. The number of nitrogens with zero attached hydrogens (tertiary/aromatic N) is 2. The summed E-state index contributed by atoms with van der Waals surface area (Å²) in [5, 5.41) is 0. The number of likely N-dealkylation sites (tertiary alicyclic amines) is 1. The fourth-order valence-corrected chi connectivity index (χ4v) is 4.52. The van der Waals surface area contributed by atoms with E-state index < -0.39 is 0 Å². The molecule has 1 unspecified atom stereocenters. The van der Waals surface area contributed by atoms with E-state index in [0.717, 1.165) is 64.8 Å². The fraction of sp³-hybridized carbons (Fsp3) is 0.696. The number of hydrogen-bond acceptors (Lipinski definition) is 3. The van der Waals surface area contributed by atoms with Crippen LogP contribution in [0.15, 0.2) is 30.3 Å². The molecule has 5 heteroatoms. The third kappa shape index (κ3) is 5.08. The van der Waals surface area contributed by atoms with Gasteiger partial charge in [-0.3, -0.25) is 4.79 Å². The maximum absolute atomic E-state index is 12.7. The fourth-order valence-electron chi connectivity index (χ4n) is 4.52. The summed E-state index contributed by atoms with van der Waals surface area (Å²) in [7, 11) is 0. The number of carbonyl (C=O) groups is 1. The minimum atomic E-state index is -0.124. The van der Waals surface area contributed by atoms with Crippen molar-refractivity contribution in [3.8, 4) is 0 Å². The van der Waals surface area contributed by atoms with E-state index in [0.29, 0.717) is 17.7 Å². The number of hydrogen-bond donors (Lipinski definition) is 0. The molecule has 1 aromatic rings. The van der Waals surface area contributed by atoms with E-state index in [9.17, 15) is 4.79 Å². The Balaban J connectivity index is 0.00000225. The molecule has 2 saturated heterocycles. The van der Waals surface area contributed by atoms with Crippen molar-refractivity contribution in [2.45, 2.75) is 57.7 Å². The van der Waals surface area contributed by atoms with Gasteiger partial charge < -0.3 is 14.5 Å². The standard InChI is InChI=1S/C23H34N2O2.ClH/c1-18(2)21-16-25(22(26)20-8-9-20)17-23(27-21)11-14-24(15-12-23)13-10-19-6-4-3-5-7-19;/h3-7,18,20-21H,8-17H2,1-2H3;1H. The molecule has 1 atom stereocenters. The van der Waals surface area contributed by atoms with Crippen molar-refractivity contribution in [3.63, 3.8) is 0 Å². The first kappa shape index (κ1) is 21.6. The summed E-state index contributed by atoms with van der Waals surface area (Å²) in [5.41, 5.74) is 1.29. The number of piperidine rings is 1. The van der Waals surface area contributed by atoms with Crippen molar-refractivity contribution in [1.29, 1.82) is 0 Å². The lowest BCUT2D eigenvalue weighted by atomic mass is 9.87. The van der Waals surface area contributed by atoms with Gasteiger partial charge in [-0.1, -0.05) is 44.2 Å². The average molecular weight is 407 g/mol. The van der Waals surface area contributed by atoms with Gasteiger partial charge in [-0.25, -0.2) is 0 Å². The number of carbonyl (C=O) groups excluding carboxylic acids is 1. The highest BCUT2D eigenvalue weighted by molar-refractivity contribution is 5.85. The predicted molar refractivity (Wildman–Crippen MR) is 115 cm³/mol. The van der Waals surface area contributed by atoms with Crippen LogP contribution in [-0.2, 0) is 16.0 Å². The molecular weight excluding hydrogens is 372 g/mol. The van der Waals surface area contributed by atoms with Crippen LogP contribution >= 0.6 is 12.4 Å². The monoisotopic (exact) mass is 406 g/mol. The highest BCUT2D eigenvalue weighted by atomic mass is 35.5. The minimum Gasteiger partial charge on any atom is -0.368 e. The molecular formula is C23H35ClN2O2. The first-order valence-corrected chi connectivity index (χ1v) is 10.8. The van der Waals surface area contributed by atoms with Gasteiger partial charge in [-0.05, 0) is 43.6 Å². The van der Waals surface area contributed by atoms with Gasteiger partial charge in [0.1, 0.15) is 0 Å². The Morgan fingerprint density at radius 2 is 1.86 bits per heavy atom. The number of morpholine rings is 1. The number of halogens is 1. The van der Waals surface area contributed by atoms with E-state index in [1.165, 1.54) is 5.56 Å². The van der Waals surface area contributed by atoms with E-state index in [1.54, 1.807) is 0 Å². The van der Waals surface area contributed by atoms with Crippen molar-refractivity contribution in [3.05, 3.63) is 35.9 Å². The zero-order chi connectivity index (χ0) is 18.9. The number of rotatable bonds is 5. The van der Waals surface area contributed by atoms with Crippen LogP contribution in [0.2, 0.25) is 0 Å². The van der Waals surface area contributed by atoms with Crippen molar-refractivity contribution < 1.29 is 9.53 Å². The van der Waals surface area contributed by atoms with Crippen LogP contribution in [0.5, 0.6) is 0 Å². The quantitative estimate of drug-likeness (QED) is 0.746. The number of benzene rings is 1. The first-order chi connectivity index (χ1) is 13.0. The van der Waals surface area contributed by atoms with E-state index >= 15 is 0 Å². The Morgan fingerprint density at radius 1 is 1.18 bits per heavy atom. The second kappa shape index (κ2) is 9.15. The van der Waals surface area contributed by atoms with Gasteiger partial charge in [0.2, 0.25) is 5.91 Å². The Morgan fingerprint density at radius 3 is 2.46 bits per heavy atom. The summed E-state index contributed by atoms with van der Waals surface area (Å²) in [4.78, 5) is 17.4. The number of ether oxygens (including phenoxy) is 1. The summed E-state index contributed by atoms with van der Waals surface area (Å²) < 4.78 is 6.65. The molecule has 1 amide bonds. The third-order valence-electron chi connectivity index (χ3n) is 6.59. The minimum absolute atomic E-state index is 0. The molecule has 0 bridgehead atoms. The smallest absolute Gasteiger partial charge is 0.225 e. The Hall–Kier alpha value is -1.10. The molecule has 1 aromatic carbocycles. The van der Waals surface area contributed by atoms with Crippen LogP contribution in [0.25, 0.3) is 0 Å². The molecule has 4 nitrogen and oxygen atoms in total. The van der Waals surface area contributed by atoms with Crippen LogP contribution in [0.3, 0.4) is 0 Å². The van der Waals surface area contributed by atoms with Gasteiger partial charge in [0, 0.05) is 38.6 Å². The highest BCUT2D eigenvalue weighted by Gasteiger charge is 2.46. The van der Waals surface area contributed by atoms with Gasteiger partial charge >= 0.3 is 0 Å². The largest absolute Gasteiger partial charge is 0.368 e. The lowest BCUT2D eigenvalue weighted by molar-refractivity contribution is -0.193. The molecule has 0 aromatic heterocycles. The Kier molecular flexibility index (Phi) is 7.06. The summed E-state index contributed by atoms with van der Waals surface area (Å²) in [6.07, 6.45) is 5.54. The summed E-state index contributed by atoms with van der Waals surface area (Å²) in [5.74, 6) is 1.14. The van der Waals surface area contributed by atoms with E-state index in [4.69, 9.17) is 4.74 Å². The molecule has 2 aliphatic heterocycles. The summed E-state index contributed by atoms with van der Waals surface area (Å²) in [6, 6.07) is 10.7.